The molecule has 5 heteroatoms. The maximum atomic E-state index is 4.29. The van der Waals surface area contributed by atoms with E-state index in [0.717, 1.165) is 24.1 Å². The Labute approximate surface area is 103 Å². The van der Waals surface area contributed by atoms with Crippen LogP contribution in [0, 0.1) is 5.92 Å². The minimum Gasteiger partial charge on any atom is -0.373 e. The molecule has 1 unspecified atom stereocenters. The molecule has 0 spiro atoms. The van der Waals surface area contributed by atoms with Crippen molar-refractivity contribution in [2.45, 2.75) is 12.8 Å². The molecule has 1 fully saturated rings. The maximum absolute atomic E-state index is 4.29. The third kappa shape index (κ3) is 3.30. The Bertz CT molecular complexity index is 349. The van der Waals surface area contributed by atoms with Gasteiger partial charge in [-0.05, 0) is 31.8 Å². The summed E-state index contributed by atoms with van der Waals surface area (Å²) in [5.41, 5.74) is 0. The molecule has 0 aliphatic carbocycles. The van der Waals surface area contributed by atoms with Crippen molar-refractivity contribution in [1.29, 1.82) is 0 Å². The summed E-state index contributed by atoms with van der Waals surface area (Å²) in [4.78, 5) is 10.6. The second-order valence-corrected chi connectivity index (χ2v) is 4.58. The van der Waals surface area contributed by atoms with Crippen LogP contribution in [0.25, 0.3) is 0 Å². The first-order valence-corrected chi connectivity index (χ1v) is 6.21. The van der Waals surface area contributed by atoms with E-state index in [1.165, 1.54) is 25.9 Å². The number of nitrogens with one attached hydrogen (secondary N) is 2. The Morgan fingerprint density at radius 2 is 2.41 bits per heavy atom. The van der Waals surface area contributed by atoms with Crippen LogP contribution < -0.4 is 15.5 Å². The fourth-order valence-electron chi connectivity index (χ4n) is 2.14. The van der Waals surface area contributed by atoms with Gasteiger partial charge in [0.25, 0.3) is 0 Å². The molecule has 1 aliphatic rings. The quantitative estimate of drug-likeness (QED) is 0.796. The Hall–Kier alpha value is -1.36. The van der Waals surface area contributed by atoms with Gasteiger partial charge in [0.05, 0.1) is 0 Å². The van der Waals surface area contributed by atoms with Crippen LogP contribution in [0.5, 0.6) is 0 Å². The van der Waals surface area contributed by atoms with E-state index in [1.807, 2.05) is 13.1 Å². The lowest BCUT2D eigenvalue weighted by Gasteiger charge is -2.20. The second kappa shape index (κ2) is 5.82. The van der Waals surface area contributed by atoms with Gasteiger partial charge >= 0.3 is 0 Å². The average Bonchev–Trinajstić information content (AvgIpc) is 2.89. The van der Waals surface area contributed by atoms with Crippen molar-refractivity contribution in [3.8, 4) is 0 Å². The monoisotopic (exact) mass is 235 g/mol. The summed E-state index contributed by atoms with van der Waals surface area (Å²) >= 11 is 0. The van der Waals surface area contributed by atoms with Crippen LogP contribution in [-0.4, -0.2) is 43.7 Å². The molecule has 0 radical (unpaired) electrons. The number of aromatic nitrogens is 2. The summed E-state index contributed by atoms with van der Waals surface area (Å²) in [6, 6.07) is 1.98. The third-order valence-electron chi connectivity index (χ3n) is 3.34. The van der Waals surface area contributed by atoms with Gasteiger partial charge in [-0.2, -0.15) is 0 Å². The maximum Gasteiger partial charge on any atom is 0.133 e. The molecular weight excluding hydrogens is 214 g/mol. The van der Waals surface area contributed by atoms with Crippen molar-refractivity contribution < 1.29 is 0 Å². The van der Waals surface area contributed by atoms with Gasteiger partial charge in [0.2, 0.25) is 0 Å². The minimum atomic E-state index is 0.822. The zero-order valence-corrected chi connectivity index (χ0v) is 10.6. The van der Waals surface area contributed by atoms with Crippen LogP contribution in [0.2, 0.25) is 0 Å². The number of hydrogen-bond acceptors (Lipinski definition) is 5. The molecule has 2 heterocycles. The minimum absolute atomic E-state index is 0.822. The Morgan fingerprint density at radius 1 is 1.53 bits per heavy atom. The van der Waals surface area contributed by atoms with E-state index in [9.17, 15) is 0 Å². The molecule has 2 N–H and O–H groups in total. The van der Waals surface area contributed by atoms with Gasteiger partial charge in [0.15, 0.2) is 0 Å². The van der Waals surface area contributed by atoms with Gasteiger partial charge in [-0.25, -0.2) is 9.97 Å². The molecule has 1 aromatic heterocycles. The van der Waals surface area contributed by atoms with Crippen LogP contribution in [0.3, 0.4) is 0 Å². The highest BCUT2D eigenvalue weighted by atomic mass is 15.2. The number of anilines is 2. The standard InChI is InChI=1S/C12H21N5/c1-13-11-7-12(16-9-15-11)17(2)6-4-10-3-5-14-8-10/h7,9-10,14H,3-6,8H2,1-2H3,(H,13,15,16). The first-order chi connectivity index (χ1) is 8.29. The Kier molecular flexibility index (Phi) is 4.14. The van der Waals surface area contributed by atoms with Gasteiger partial charge in [-0.3, -0.25) is 0 Å². The highest BCUT2D eigenvalue weighted by Crippen LogP contribution is 2.16. The SMILES string of the molecule is CNc1cc(N(C)CCC2CCNC2)ncn1. The summed E-state index contributed by atoms with van der Waals surface area (Å²) in [5.74, 6) is 2.67. The summed E-state index contributed by atoms with van der Waals surface area (Å²) in [6.07, 6.45) is 4.14. The third-order valence-corrected chi connectivity index (χ3v) is 3.34. The fraction of sp³-hybridized carbons (Fsp3) is 0.667. The number of hydrogen-bond donors (Lipinski definition) is 2. The van der Waals surface area contributed by atoms with E-state index in [1.54, 1.807) is 6.33 Å². The summed E-state index contributed by atoms with van der Waals surface area (Å²) in [7, 11) is 3.96. The molecule has 1 atom stereocenters. The van der Waals surface area contributed by atoms with Crippen molar-refractivity contribution in [2.24, 2.45) is 5.92 Å². The van der Waals surface area contributed by atoms with Gasteiger partial charge in [0.1, 0.15) is 18.0 Å². The first-order valence-electron chi connectivity index (χ1n) is 6.21. The van der Waals surface area contributed by atoms with E-state index in [0.29, 0.717) is 0 Å². The van der Waals surface area contributed by atoms with Crippen molar-refractivity contribution in [1.82, 2.24) is 15.3 Å². The molecule has 2 rings (SSSR count). The molecule has 17 heavy (non-hydrogen) atoms. The van der Waals surface area contributed by atoms with Crippen LogP contribution in [0.15, 0.2) is 12.4 Å². The van der Waals surface area contributed by atoms with Crippen LogP contribution in [0.4, 0.5) is 11.6 Å². The van der Waals surface area contributed by atoms with E-state index in [-0.39, 0.29) is 0 Å². The smallest absolute Gasteiger partial charge is 0.133 e. The second-order valence-electron chi connectivity index (χ2n) is 4.58. The van der Waals surface area contributed by atoms with Gasteiger partial charge in [0, 0.05) is 26.7 Å². The van der Waals surface area contributed by atoms with E-state index in [2.05, 4.69) is 32.5 Å². The summed E-state index contributed by atoms with van der Waals surface area (Å²) < 4.78 is 0. The average molecular weight is 235 g/mol. The van der Waals surface area contributed by atoms with Crippen molar-refractivity contribution in [3.05, 3.63) is 12.4 Å². The van der Waals surface area contributed by atoms with Crippen LogP contribution in [0.1, 0.15) is 12.8 Å². The normalized spacial score (nSPS) is 19.3. The van der Waals surface area contributed by atoms with E-state index in [4.69, 9.17) is 0 Å². The first kappa shape index (κ1) is 12.1. The zero-order valence-electron chi connectivity index (χ0n) is 10.6. The molecule has 5 nitrogen and oxygen atoms in total. The van der Waals surface area contributed by atoms with Gasteiger partial charge < -0.3 is 15.5 Å². The predicted octanol–water partition coefficient (Wildman–Crippen LogP) is 0.954. The summed E-state index contributed by atoms with van der Waals surface area (Å²) in [5, 5.41) is 6.43. The lowest BCUT2D eigenvalue weighted by molar-refractivity contribution is 0.532. The molecule has 1 saturated heterocycles. The lowest BCUT2D eigenvalue weighted by Crippen LogP contribution is -2.23. The van der Waals surface area contributed by atoms with Crippen LogP contribution in [-0.2, 0) is 0 Å². The number of rotatable bonds is 5. The molecule has 1 aromatic rings. The van der Waals surface area contributed by atoms with Crippen molar-refractivity contribution in [2.75, 3.05) is 43.9 Å². The van der Waals surface area contributed by atoms with Gasteiger partial charge in [-0.15, -0.1) is 0 Å². The largest absolute Gasteiger partial charge is 0.373 e. The molecule has 0 aromatic carbocycles. The van der Waals surface area contributed by atoms with Crippen LogP contribution >= 0.6 is 0 Å². The molecule has 0 bridgehead atoms. The molecule has 1 aliphatic heterocycles. The molecular formula is C12H21N5. The van der Waals surface area contributed by atoms with Gasteiger partial charge in [-0.1, -0.05) is 0 Å². The van der Waals surface area contributed by atoms with E-state index < -0.39 is 0 Å². The van der Waals surface area contributed by atoms with E-state index >= 15 is 0 Å². The predicted molar refractivity (Wildman–Crippen MR) is 70.4 cm³/mol. The highest BCUT2D eigenvalue weighted by Gasteiger charge is 2.15. The van der Waals surface area contributed by atoms with Crippen molar-refractivity contribution >= 4 is 11.6 Å². The number of nitrogens with zero attached hydrogens (tertiary/aromatic N) is 3. The topological polar surface area (TPSA) is 53.1 Å². The molecule has 0 amide bonds. The Morgan fingerprint density at radius 3 is 3.12 bits per heavy atom. The zero-order chi connectivity index (χ0) is 12.1. The Balaban J connectivity index is 1.87. The van der Waals surface area contributed by atoms with Crippen molar-refractivity contribution in [3.63, 3.8) is 0 Å². The summed E-state index contributed by atoms with van der Waals surface area (Å²) in [6.45, 7) is 3.39. The molecule has 0 saturated carbocycles. The lowest BCUT2D eigenvalue weighted by atomic mass is 10.1. The fourth-order valence-corrected chi connectivity index (χ4v) is 2.14. The highest BCUT2D eigenvalue weighted by molar-refractivity contribution is 5.47. The molecule has 94 valence electrons.